The Morgan fingerprint density at radius 3 is 2.29 bits per heavy atom. The van der Waals surface area contributed by atoms with Crippen molar-refractivity contribution in [2.24, 2.45) is 0 Å². The Bertz CT molecular complexity index is 1070. The van der Waals surface area contributed by atoms with Crippen molar-refractivity contribution in [1.29, 1.82) is 0 Å². The molecule has 0 aliphatic carbocycles. The van der Waals surface area contributed by atoms with Gasteiger partial charge in [-0.25, -0.2) is 8.42 Å². The molecule has 2 amide bonds. The highest BCUT2D eigenvalue weighted by molar-refractivity contribution is 7.92. The van der Waals surface area contributed by atoms with Crippen LogP contribution in [0.25, 0.3) is 0 Å². The van der Waals surface area contributed by atoms with Gasteiger partial charge in [-0.05, 0) is 63.3 Å². The van der Waals surface area contributed by atoms with Gasteiger partial charge in [-0.3, -0.25) is 13.9 Å². The van der Waals surface area contributed by atoms with E-state index in [9.17, 15) is 18.0 Å². The molecule has 192 valence electrons. The Kier molecular flexibility index (Phi) is 10.8. The highest BCUT2D eigenvalue weighted by Crippen LogP contribution is 2.20. The molecule has 2 aromatic carbocycles. The second kappa shape index (κ2) is 13.3. The predicted octanol–water partition coefficient (Wildman–Crippen LogP) is 3.92. The summed E-state index contributed by atoms with van der Waals surface area (Å²) in [5.41, 5.74) is 2.63. The summed E-state index contributed by atoms with van der Waals surface area (Å²) >= 11 is 0. The van der Waals surface area contributed by atoms with Crippen molar-refractivity contribution in [2.45, 2.75) is 65.5 Å². The van der Waals surface area contributed by atoms with E-state index in [1.54, 1.807) is 17.9 Å². The molecule has 0 spiro atoms. The first-order valence-corrected chi connectivity index (χ1v) is 14.1. The van der Waals surface area contributed by atoms with Crippen LogP contribution in [-0.4, -0.2) is 56.6 Å². The highest BCUT2D eigenvalue weighted by atomic mass is 32.2. The summed E-state index contributed by atoms with van der Waals surface area (Å²) < 4.78 is 26.2. The van der Waals surface area contributed by atoms with Crippen molar-refractivity contribution in [3.63, 3.8) is 0 Å². The molecule has 2 rings (SSSR count). The molecule has 0 bridgehead atoms. The number of carbonyl (C=O) groups is 2. The molecule has 0 saturated heterocycles. The third-order valence-corrected chi connectivity index (χ3v) is 7.29. The highest BCUT2D eigenvalue weighted by Gasteiger charge is 2.26. The lowest BCUT2D eigenvalue weighted by Gasteiger charge is -2.30. The lowest BCUT2D eigenvalue weighted by Crippen LogP contribution is -2.50. The van der Waals surface area contributed by atoms with Crippen molar-refractivity contribution >= 4 is 27.5 Å². The number of benzene rings is 2. The Balaban J connectivity index is 2.11. The summed E-state index contributed by atoms with van der Waals surface area (Å²) in [7, 11) is -3.50. The summed E-state index contributed by atoms with van der Waals surface area (Å²) in [6, 6.07) is 16.5. The van der Waals surface area contributed by atoms with Crippen molar-refractivity contribution < 1.29 is 18.0 Å². The fourth-order valence-corrected chi connectivity index (χ4v) is 4.78. The maximum Gasteiger partial charge on any atom is 0.242 e. The molecule has 7 nitrogen and oxygen atoms in total. The fraction of sp³-hybridized carbons (Fsp3) is 0.481. The molecule has 0 heterocycles. The maximum absolute atomic E-state index is 13.3. The first-order chi connectivity index (χ1) is 16.5. The number of hydrogen-bond acceptors (Lipinski definition) is 4. The number of anilines is 1. The molecule has 0 aromatic heterocycles. The second-order valence-corrected chi connectivity index (χ2v) is 11.0. The molecule has 2 atom stereocenters. The Labute approximate surface area is 210 Å². The molecule has 8 heteroatoms. The van der Waals surface area contributed by atoms with Crippen LogP contribution in [0.2, 0.25) is 0 Å². The number of hydrogen-bond donors (Lipinski definition) is 1. The van der Waals surface area contributed by atoms with Crippen LogP contribution >= 0.6 is 0 Å². The number of nitrogens with one attached hydrogen (secondary N) is 1. The number of carbonyl (C=O) groups excluding carboxylic acids is 2. The van der Waals surface area contributed by atoms with Crippen LogP contribution in [0.4, 0.5) is 5.69 Å². The van der Waals surface area contributed by atoms with Crippen molar-refractivity contribution in [2.75, 3.05) is 23.7 Å². The first-order valence-electron chi connectivity index (χ1n) is 12.2. The maximum atomic E-state index is 13.3. The summed E-state index contributed by atoms with van der Waals surface area (Å²) in [5.74, 6) is -0.344. The van der Waals surface area contributed by atoms with Crippen LogP contribution in [0.15, 0.2) is 54.6 Å². The van der Waals surface area contributed by atoms with E-state index >= 15 is 0 Å². The zero-order valence-electron chi connectivity index (χ0n) is 21.5. The average molecular weight is 502 g/mol. The van der Waals surface area contributed by atoms with Gasteiger partial charge in [-0.2, -0.15) is 0 Å². The van der Waals surface area contributed by atoms with E-state index in [-0.39, 0.29) is 30.8 Å². The largest absolute Gasteiger partial charge is 0.352 e. The molecule has 0 aliphatic rings. The van der Waals surface area contributed by atoms with Gasteiger partial charge >= 0.3 is 0 Å². The third-order valence-electron chi connectivity index (χ3n) is 6.09. The van der Waals surface area contributed by atoms with Gasteiger partial charge in [0, 0.05) is 25.6 Å². The first kappa shape index (κ1) is 28.4. The lowest BCUT2D eigenvalue weighted by atomic mass is 10.1. The lowest BCUT2D eigenvalue weighted by molar-refractivity contribution is -0.140. The van der Waals surface area contributed by atoms with E-state index in [0.717, 1.165) is 17.5 Å². The molecule has 0 aliphatic heterocycles. The van der Waals surface area contributed by atoms with Gasteiger partial charge < -0.3 is 10.2 Å². The van der Waals surface area contributed by atoms with Crippen LogP contribution < -0.4 is 9.62 Å². The number of sulfonamides is 1. The normalized spacial score (nSPS) is 13.1. The minimum absolute atomic E-state index is 0.0219. The van der Waals surface area contributed by atoms with Crippen LogP contribution in [0, 0.1) is 6.92 Å². The minimum atomic E-state index is -3.50. The van der Waals surface area contributed by atoms with E-state index in [1.165, 1.54) is 10.6 Å². The van der Waals surface area contributed by atoms with Gasteiger partial charge in [0.05, 0.1) is 11.9 Å². The zero-order valence-corrected chi connectivity index (χ0v) is 22.3. The van der Waals surface area contributed by atoms with E-state index in [4.69, 9.17) is 0 Å². The minimum Gasteiger partial charge on any atom is -0.352 e. The smallest absolute Gasteiger partial charge is 0.242 e. The molecule has 1 N–H and O–H groups in total. The standard InChI is InChI=1S/C27H39N3O4S/c1-6-22(3)28-27(32)23(4)29(19-17-24-13-8-7-9-14-24)26(31)16-11-18-30(35(5,33)34)25-15-10-12-21(2)20-25/h7-10,12-15,20,22-23H,6,11,16-19H2,1-5H3,(H,28,32)/t22-,23-/m1/s1. The van der Waals surface area contributed by atoms with E-state index in [0.29, 0.717) is 25.1 Å². The van der Waals surface area contributed by atoms with Crippen LogP contribution in [0.5, 0.6) is 0 Å². The number of rotatable bonds is 13. The van der Waals surface area contributed by atoms with Crippen LogP contribution in [-0.2, 0) is 26.0 Å². The van der Waals surface area contributed by atoms with E-state index in [2.05, 4.69) is 5.32 Å². The molecule has 0 saturated carbocycles. The topological polar surface area (TPSA) is 86.8 Å². The van der Waals surface area contributed by atoms with Gasteiger partial charge in [0.2, 0.25) is 21.8 Å². The van der Waals surface area contributed by atoms with Gasteiger partial charge in [0.15, 0.2) is 0 Å². The SMILES string of the molecule is CC[C@@H](C)NC(=O)[C@@H](C)N(CCc1ccccc1)C(=O)CCCN(c1cccc(C)c1)S(C)(=O)=O. The van der Waals surface area contributed by atoms with E-state index in [1.807, 2.05) is 69.3 Å². The molecule has 0 unspecified atom stereocenters. The van der Waals surface area contributed by atoms with Crippen LogP contribution in [0.3, 0.4) is 0 Å². The zero-order chi connectivity index (χ0) is 26.0. The Morgan fingerprint density at radius 1 is 1.00 bits per heavy atom. The summed E-state index contributed by atoms with van der Waals surface area (Å²) in [6.07, 6.45) is 3.10. The second-order valence-electron chi connectivity index (χ2n) is 9.09. The number of amides is 2. The molecule has 35 heavy (non-hydrogen) atoms. The summed E-state index contributed by atoms with van der Waals surface area (Å²) in [4.78, 5) is 27.7. The molecule has 0 fully saturated rings. The van der Waals surface area contributed by atoms with Crippen molar-refractivity contribution in [3.05, 3.63) is 65.7 Å². The number of nitrogens with zero attached hydrogens (tertiary/aromatic N) is 2. The molecular weight excluding hydrogens is 462 g/mol. The van der Waals surface area contributed by atoms with Gasteiger partial charge in [-0.15, -0.1) is 0 Å². The third kappa shape index (κ3) is 9.02. The summed E-state index contributed by atoms with van der Waals surface area (Å²) in [6.45, 7) is 8.18. The van der Waals surface area contributed by atoms with E-state index < -0.39 is 16.1 Å². The Hall–Kier alpha value is -2.87. The molecular formula is C27H39N3O4S. The summed E-state index contributed by atoms with van der Waals surface area (Å²) in [5, 5.41) is 2.96. The number of aryl methyl sites for hydroxylation is 1. The molecule has 2 aromatic rings. The van der Waals surface area contributed by atoms with Gasteiger partial charge in [0.1, 0.15) is 6.04 Å². The fourth-order valence-electron chi connectivity index (χ4n) is 3.82. The van der Waals surface area contributed by atoms with Crippen molar-refractivity contribution in [3.8, 4) is 0 Å². The average Bonchev–Trinajstić information content (AvgIpc) is 2.81. The monoisotopic (exact) mass is 501 g/mol. The Morgan fingerprint density at radius 2 is 1.69 bits per heavy atom. The van der Waals surface area contributed by atoms with Crippen LogP contribution in [0.1, 0.15) is 51.2 Å². The van der Waals surface area contributed by atoms with Crippen molar-refractivity contribution in [1.82, 2.24) is 10.2 Å². The molecule has 0 radical (unpaired) electrons. The van der Waals surface area contributed by atoms with Gasteiger partial charge in [0.25, 0.3) is 0 Å². The quantitative estimate of drug-likeness (QED) is 0.451. The predicted molar refractivity (Wildman–Crippen MR) is 142 cm³/mol. The van der Waals surface area contributed by atoms with Gasteiger partial charge in [-0.1, -0.05) is 49.4 Å².